The van der Waals surface area contributed by atoms with Crippen molar-refractivity contribution >= 4 is 17.2 Å². The van der Waals surface area contributed by atoms with E-state index in [4.69, 9.17) is 4.42 Å². The molecule has 0 atom stereocenters. The van der Waals surface area contributed by atoms with Crippen molar-refractivity contribution in [1.29, 1.82) is 0 Å². The van der Waals surface area contributed by atoms with Crippen LogP contribution in [-0.2, 0) is 17.8 Å². The fraction of sp³-hybridized carbons (Fsp3) is 0.409. The van der Waals surface area contributed by atoms with Gasteiger partial charge >= 0.3 is 0 Å². The number of benzene rings is 1. The molecule has 6 nitrogen and oxygen atoms in total. The molecule has 1 saturated heterocycles. The van der Waals surface area contributed by atoms with Gasteiger partial charge in [-0.05, 0) is 42.3 Å². The molecule has 3 aromatic rings. The zero-order valence-corrected chi connectivity index (χ0v) is 17.5. The van der Waals surface area contributed by atoms with Crippen LogP contribution in [0.15, 0.2) is 45.5 Å². The second-order valence-corrected chi connectivity index (χ2v) is 8.34. The molecule has 0 unspecified atom stereocenters. The first-order valence-corrected chi connectivity index (χ1v) is 11.0. The van der Waals surface area contributed by atoms with Crippen LogP contribution in [-0.4, -0.2) is 40.1 Å². The summed E-state index contributed by atoms with van der Waals surface area (Å²) in [6.45, 7) is 5.16. The molecule has 4 rings (SSSR count). The lowest BCUT2D eigenvalue weighted by Crippen LogP contribution is -2.44. The SMILES string of the molecule is Cc1ccccc1CN1CCC(NC(=O)CCc2nnc(-c3ccsc3)o2)CC1. The Morgan fingerprint density at radius 1 is 1.24 bits per heavy atom. The van der Waals surface area contributed by atoms with Gasteiger partial charge in [0, 0.05) is 49.5 Å². The third-order valence-electron chi connectivity index (χ3n) is 5.41. The summed E-state index contributed by atoms with van der Waals surface area (Å²) in [5, 5.41) is 15.2. The molecule has 1 amide bonds. The Hall–Kier alpha value is -2.51. The van der Waals surface area contributed by atoms with Gasteiger partial charge < -0.3 is 9.73 Å². The minimum absolute atomic E-state index is 0.0534. The van der Waals surface area contributed by atoms with Crippen molar-refractivity contribution in [3.8, 4) is 11.5 Å². The van der Waals surface area contributed by atoms with Gasteiger partial charge in [-0.15, -0.1) is 10.2 Å². The molecule has 0 bridgehead atoms. The summed E-state index contributed by atoms with van der Waals surface area (Å²) in [5.41, 5.74) is 3.65. The first-order chi connectivity index (χ1) is 14.2. The Morgan fingerprint density at radius 2 is 2.07 bits per heavy atom. The van der Waals surface area contributed by atoms with E-state index in [-0.39, 0.29) is 11.9 Å². The quantitative estimate of drug-likeness (QED) is 0.641. The molecule has 1 N–H and O–H groups in total. The fourth-order valence-corrected chi connectivity index (χ4v) is 4.27. The van der Waals surface area contributed by atoms with Gasteiger partial charge in [-0.2, -0.15) is 11.3 Å². The highest BCUT2D eigenvalue weighted by Crippen LogP contribution is 2.21. The Morgan fingerprint density at radius 3 is 2.83 bits per heavy atom. The first-order valence-electron chi connectivity index (χ1n) is 10.1. The number of likely N-dealkylation sites (tertiary alicyclic amines) is 1. The second kappa shape index (κ2) is 9.33. The number of thiophene rings is 1. The second-order valence-electron chi connectivity index (χ2n) is 7.56. The van der Waals surface area contributed by atoms with Crippen molar-refractivity contribution in [2.45, 2.75) is 45.2 Å². The van der Waals surface area contributed by atoms with E-state index in [0.29, 0.717) is 24.6 Å². The topological polar surface area (TPSA) is 71.3 Å². The van der Waals surface area contributed by atoms with Crippen molar-refractivity contribution in [2.75, 3.05) is 13.1 Å². The molecule has 29 heavy (non-hydrogen) atoms. The number of carbonyl (C=O) groups is 1. The minimum Gasteiger partial charge on any atom is -0.421 e. The van der Waals surface area contributed by atoms with Gasteiger partial charge in [0.25, 0.3) is 0 Å². The van der Waals surface area contributed by atoms with E-state index in [0.717, 1.165) is 38.0 Å². The van der Waals surface area contributed by atoms with E-state index < -0.39 is 0 Å². The number of amides is 1. The number of aryl methyl sites for hydroxylation is 2. The Labute approximate surface area is 175 Å². The van der Waals surface area contributed by atoms with Crippen LogP contribution in [0.5, 0.6) is 0 Å². The van der Waals surface area contributed by atoms with Gasteiger partial charge in [0.05, 0.1) is 0 Å². The average molecular weight is 411 g/mol. The summed E-state index contributed by atoms with van der Waals surface area (Å²) in [4.78, 5) is 14.8. The van der Waals surface area contributed by atoms with Gasteiger partial charge in [0.2, 0.25) is 17.7 Å². The van der Waals surface area contributed by atoms with Crippen molar-refractivity contribution in [2.24, 2.45) is 0 Å². The number of carbonyl (C=O) groups excluding carboxylic acids is 1. The zero-order chi connectivity index (χ0) is 20.1. The number of hydrogen-bond acceptors (Lipinski definition) is 6. The highest BCUT2D eigenvalue weighted by atomic mass is 32.1. The zero-order valence-electron chi connectivity index (χ0n) is 16.6. The molecule has 7 heteroatoms. The smallest absolute Gasteiger partial charge is 0.248 e. The highest BCUT2D eigenvalue weighted by molar-refractivity contribution is 7.08. The number of aromatic nitrogens is 2. The summed E-state index contributed by atoms with van der Waals surface area (Å²) in [6, 6.07) is 10.7. The number of nitrogens with zero attached hydrogens (tertiary/aromatic N) is 3. The summed E-state index contributed by atoms with van der Waals surface area (Å²) >= 11 is 1.59. The molecule has 0 spiro atoms. The van der Waals surface area contributed by atoms with E-state index >= 15 is 0 Å². The molecule has 0 radical (unpaired) electrons. The molecule has 1 aliphatic heterocycles. The van der Waals surface area contributed by atoms with Gasteiger partial charge in [-0.1, -0.05) is 24.3 Å². The van der Waals surface area contributed by atoms with Crippen LogP contribution < -0.4 is 5.32 Å². The maximum absolute atomic E-state index is 12.3. The molecule has 3 heterocycles. The summed E-state index contributed by atoms with van der Waals surface area (Å²) in [6.07, 6.45) is 2.81. The van der Waals surface area contributed by atoms with E-state index in [2.05, 4.69) is 51.6 Å². The normalized spacial score (nSPS) is 15.5. The van der Waals surface area contributed by atoms with Crippen molar-refractivity contribution in [3.63, 3.8) is 0 Å². The molecule has 0 saturated carbocycles. The van der Waals surface area contributed by atoms with Crippen molar-refractivity contribution in [3.05, 3.63) is 58.1 Å². The van der Waals surface area contributed by atoms with Crippen LogP contribution >= 0.6 is 11.3 Å². The van der Waals surface area contributed by atoms with Crippen LogP contribution in [0.2, 0.25) is 0 Å². The molecule has 1 fully saturated rings. The van der Waals surface area contributed by atoms with E-state index in [1.807, 2.05) is 16.8 Å². The molecule has 1 aliphatic rings. The summed E-state index contributed by atoms with van der Waals surface area (Å²) < 4.78 is 5.65. The third kappa shape index (κ3) is 5.31. The Bertz CT molecular complexity index is 930. The van der Waals surface area contributed by atoms with Gasteiger partial charge in [-0.3, -0.25) is 9.69 Å². The van der Waals surface area contributed by atoms with E-state index in [1.54, 1.807) is 11.3 Å². The molecule has 152 valence electrons. The first kappa shape index (κ1) is 19.8. The lowest BCUT2D eigenvalue weighted by Gasteiger charge is -2.32. The third-order valence-corrected chi connectivity index (χ3v) is 6.09. The van der Waals surface area contributed by atoms with Gasteiger partial charge in [0.15, 0.2) is 0 Å². The number of rotatable bonds is 7. The van der Waals surface area contributed by atoms with Crippen LogP contribution in [0.4, 0.5) is 0 Å². The predicted octanol–water partition coefficient (Wildman–Crippen LogP) is 3.82. The average Bonchev–Trinajstić information content (AvgIpc) is 3.41. The van der Waals surface area contributed by atoms with Crippen LogP contribution in [0, 0.1) is 6.92 Å². The lowest BCUT2D eigenvalue weighted by molar-refractivity contribution is -0.122. The summed E-state index contributed by atoms with van der Waals surface area (Å²) in [5.74, 6) is 1.08. The predicted molar refractivity (Wildman–Crippen MR) is 114 cm³/mol. The molecule has 2 aromatic heterocycles. The largest absolute Gasteiger partial charge is 0.421 e. The van der Waals surface area contributed by atoms with Gasteiger partial charge in [-0.25, -0.2) is 0 Å². The lowest BCUT2D eigenvalue weighted by atomic mass is 10.0. The number of hydrogen-bond donors (Lipinski definition) is 1. The van der Waals surface area contributed by atoms with Crippen LogP contribution in [0.1, 0.15) is 36.3 Å². The maximum atomic E-state index is 12.3. The highest BCUT2D eigenvalue weighted by Gasteiger charge is 2.21. The monoisotopic (exact) mass is 410 g/mol. The van der Waals surface area contributed by atoms with E-state index in [1.165, 1.54) is 11.1 Å². The molecular formula is C22H26N4O2S. The van der Waals surface area contributed by atoms with Gasteiger partial charge in [0.1, 0.15) is 0 Å². The number of piperidine rings is 1. The molecule has 1 aromatic carbocycles. The van der Waals surface area contributed by atoms with Crippen molar-refractivity contribution in [1.82, 2.24) is 20.4 Å². The fourth-order valence-electron chi connectivity index (χ4n) is 3.64. The molecular weight excluding hydrogens is 384 g/mol. The number of nitrogens with one attached hydrogen (secondary N) is 1. The standard InChI is InChI=1S/C22H26N4O2S/c1-16-4-2-3-5-17(16)14-26-11-8-19(9-12-26)23-20(27)6-7-21-24-25-22(28-21)18-10-13-29-15-18/h2-5,10,13,15,19H,6-9,11-12,14H2,1H3,(H,23,27). The minimum atomic E-state index is 0.0534. The maximum Gasteiger partial charge on any atom is 0.248 e. The molecule has 0 aliphatic carbocycles. The van der Waals surface area contributed by atoms with Crippen LogP contribution in [0.25, 0.3) is 11.5 Å². The van der Waals surface area contributed by atoms with E-state index in [9.17, 15) is 4.79 Å². The Balaban J connectivity index is 1.19. The van der Waals surface area contributed by atoms with Crippen molar-refractivity contribution < 1.29 is 9.21 Å². The van der Waals surface area contributed by atoms with Crippen LogP contribution in [0.3, 0.4) is 0 Å². The summed E-state index contributed by atoms with van der Waals surface area (Å²) in [7, 11) is 0. The Kier molecular flexibility index (Phi) is 6.36.